The number of rotatable bonds is 4. The van der Waals surface area contributed by atoms with Crippen LogP contribution in [0, 0.1) is 5.92 Å². The molecule has 0 unspecified atom stereocenters. The Bertz CT molecular complexity index is 743. The van der Waals surface area contributed by atoms with E-state index in [0.29, 0.717) is 6.04 Å². The Balaban J connectivity index is 1.53. The monoisotopic (exact) mass is 301 g/mol. The molecule has 2 aliphatic carbocycles. The van der Waals surface area contributed by atoms with Crippen molar-refractivity contribution in [1.29, 1.82) is 0 Å². The highest BCUT2D eigenvalue weighted by Crippen LogP contribution is 2.58. The van der Waals surface area contributed by atoms with Gasteiger partial charge in [-0.15, -0.1) is 0 Å². The van der Waals surface area contributed by atoms with Gasteiger partial charge in [0, 0.05) is 18.6 Å². The summed E-state index contributed by atoms with van der Waals surface area (Å²) in [5.74, 6) is 1.01. The maximum absolute atomic E-state index is 9.57. The Morgan fingerprint density at radius 3 is 3.00 bits per heavy atom. The number of hydrogen-bond donors (Lipinski definition) is 2. The lowest BCUT2D eigenvalue weighted by Gasteiger charge is -2.17. The van der Waals surface area contributed by atoms with E-state index in [4.69, 9.17) is 4.74 Å². The van der Waals surface area contributed by atoms with Gasteiger partial charge in [-0.1, -0.05) is 0 Å². The summed E-state index contributed by atoms with van der Waals surface area (Å²) < 4.78 is 7.96. The summed E-state index contributed by atoms with van der Waals surface area (Å²) in [6, 6.07) is 0.722. The molecule has 2 saturated carbocycles. The molecule has 1 saturated heterocycles. The molecule has 0 amide bonds. The SMILES string of the molecule is C[C@@]12O[C@@H]1[C@H](n1cnc3c(NC4CC4)ncnc31)C[C@@H]2CO. The number of nitrogens with zero attached hydrogens (tertiary/aromatic N) is 4. The minimum atomic E-state index is -0.182. The highest BCUT2D eigenvalue weighted by Gasteiger charge is 2.66. The van der Waals surface area contributed by atoms with Gasteiger partial charge in [-0.25, -0.2) is 15.0 Å². The van der Waals surface area contributed by atoms with Crippen LogP contribution < -0.4 is 5.32 Å². The molecular formula is C15H19N5O2. The van der Waals surface area contributed by atoms with Gasteiger partial charge in [-0.05, 0) is 26.2 Å². The average molecular weight is 301 g/mol. The fourth-order valence-electron chi connectivity index (χ4n) is 3.81. The molecule has 22 heavy (non-hydrogen) atoms. The van der Waals surface area contributed by atoms with Crippen molar-refractivity contribution in [3.8, 4) is 0 Å². The first-order valence-electron chi connectivity index (χ1n) is 7.93. The molecule has 4 atom stereocenters. The van der Waals surface area contributed by atoms with Crippen LogP contribution >= 0.6 is 0 Å². The number of ether oxygens (including phenoxy) is 1. The van der Waals surface area contributed by atoms with E-state index in [9.17, 15) is 5.11 Å². The molecule has 7 nitrogen and oxygen atoms in total. The summed E-state index contributed by atoms with van der Waals surface area (Å²) in [6.45, 7) is 2.26. The molecule has 2 N–H and O–H groups in total. The van der Waals surface area contributed by atoms with Gasteiger partial charge in [0.05, 0.1) is 18.0 Å². The molecule has 0 aromatic carbocycles. The number of fused-ring (bicyclic) bond motifs is 2. The normalized spacial score (nSPS) is 36.5. The maximum atomic E-state index is 9.57. The molecule has 116 valence electrons. The van der Waals surface area contributed by atoms with E-state index in [1.54, 1.807) is 6.33 Å². The van der Waals surface area contributed by atoms with Crippen LogP contribution in [0.4, 0.5) is 5.82 Å². The average Bonchev–Trinajstić information content (AvgIpc) is 3.38. The Morgan fingerprint density at radius 1 is 1.41 bits per heavy atom. The predicted octanol–water partition coefficient (Wildman–Crippen LogP) is 1.11. The highest BCUT2D eigenvalue weighted by atomic mass is 16.6. The zero-order valence-electron chi connectivity index (χ0n) is 12.4. The Kier molecular flexibility index (Phi) is 2.42. The lowest BCUT2D eigenvalue weighted by molar-refractivity contribution is 0.115. The second-order valence-corrected chi connectivity index (χ2v) is 6.87. The number of nitrogens with one attached hydrogen (secondary N) is 1. The zero-order valence-corrected chi connectivity index (χ0v) is 12.4. The molecule has 0 radical (unpaired) electrons. The molecule has 3 aliphatic rings. The molecule has 5 rings (SSSR count). The minimum Gasteiger partial charge on any atom is -0.396 e. The largest absolute Gasteiger partial charge is 0.396 e. The van der Waals surface area contributed by atoms with Gasteiger partial charge in [-0.3, -0.25) is 0 Å². The third kappa shape index (κ3) is 1.66. The van der Waals surface area contributed by atoms with E-state index in [1.165, 1.54) is 12.8 Å². The molecule has 0 bridgehead atoms. The third-order valence-corrected chi connectivity index (χ3v) is 5.43. The zero-order chi connectivity index (χ0) is 14.9. The quantitative estimate of drug-likeness (QED) is 0.823. The molecule has 3 heterocycles. The van der Waals surface area contributed by atoms with Crippen LogP contribution in [-0.4, -0.2) is 49.0 Å². The van der Waals surface area contributed by atoms with E-state index in [0.717, 1.165) is 23.4 Å². The van der Waals surface area contributed by atoms with Crippen molar-refractivity contribution in [3.63, 3.8) is 0 Å². The van der Waals surface area contributed by atoms with Crippen LogP contribution in [-0.2, 0) is 4.74 Å². The van der Waals surface area contributed by atoms with Crippen LogP contribution in [0.15, 0.2) is 12.7 Å². The van der Waals surface area contributed by atoms with Crippen molar-refractivity contribution in [2.45, 2.75) is 50.0 Å². The summed E-state index contributed by atoms with van der Waals surface area (Å²) in [7, 11) is 0. The molecule has 3 fully saturated rings. The van der Waals surface area contributed by atoms with Gasteiger partial charge < -0.3 is 19.7 Å². The van der Waals surface area contributed by atoms with E-state index >= 15 is 0 Å². The number of aliphatic hydroxyl groups excluding tert-OH is 1. The first-order chi connectivity index (χ1) is 10.7. The summed E-state index contributed by atoms with van der Waals surface area (Å²) in [6.07, 6.45) is 6.87. The van der Waals surface area contributed by atoms with E-state index < -0.39 is 0 Å². The topological polar surface area (TPSA) is 88.4 Å². The fourth-order valence-corrected chi connectivity index (χ4v) is 3.81. The summed E-state index contributed by atoms with van der Waals surface area (Å²) in [5.41, 5.74) is 1.49. The second kappa shape index (κ2) is 4.17. The van der Waals surface area contributed by atoms with E-state index in [2.05, 4.69) is 31.8 Å². The van der Waals surface area contributed by atoms with Crippen LogP contribution in [0.1, 0.15) is 32.2 Å². The number of aliphatic hydroxyl groups is 1. The van der Waals surface area contributed by atoms with Crippen molar-refractivity contribution < 1.29 is 9.84 Å². The summed E-state index contributed by atoms with van der Waals surface area (Å²) >= 11 is 0. The van der Waals surface area contributed by atoms with Crippen molar-refractivity contribution in [2.24, 2.45) is 5.92 Å². The lowest BCUT2D eigenvalue weighted by atomic mass is 9.98. The Labute approximate surface area is 127 Å². The number of anilines is 1. The van der Waals surface area contributed by atoms with Gasteiger partial charge in [0.25, 0.3) is 0 Å². The van der Waals surface area contributed by atoms with Crippen molar-refractivity contribution in [3.05, 3.63) is 12.7 Å². The maximum Gasteiger partial charge on any atom is 0.165 e. The van der Waals surface area contributed by atoms with Crippen LogP contribution in [0.3, 0.4) is 0 Å². The van der Waals surface area contributed by atoms with Gasteiger partial charge in [0.2, 0.25) is 0 Å². The van der Waals surface area contributed by atoms with Crippen molar-refractivity contribution in [2.75, 3.05) is 11.9 Å². The van der Waals surface area contributed by atoms with E-state index in [-0.39, 0.29) is 30.3 Å². The standard InChI is InChI=1S/C15H19N5O2/c1-15-8(5-21)4-10(12(15)22-15)20-7-18-11-13(19-9-2-3-9)16-6-17-14(11)20/h6-10,12,21H,2-5H2,1H3,(H,16,17,19)/t8-,10-,12-,15+/m1/s1. The molecule has 2 aromatic heterocycles. The smallest absolute Gasteiger partial charge is 0.165 e. The molecule has 1 aliphatic heterocycles. The van der Waals surface area contributed by atoms with Gasteiger partial charge >= 0.3 is 0 Å². The first-order valence-corrected chi connectivity index (χ1v) is 7.93. The van der Waals surface area contributed by atoms with Crippen LogP contribution in [0.25, 0.3) is 11.2 Å². The molecule has 0 spiro atoms. The van der Waals surface area contributed by atoms with E-state index in [1.807, 2.05) is 6.33 Å². The van der Waals surface area contributed by atoms with Crippen molar-refractivity contribution >= 4 is 17.0 Å². The van der Waals surface area contributed by atoms with Crippen molar-refractivity contribution in [1.82, 2.24) is 19.5 Å². The molecule has 2 aromatic rings. The Hall–Kier alpha value is -1.73. The lowest BCUT2D eigenvalue weighted by Crippen LogP contribution is -2.20. The molecule has 7 heteroatoms. The number of epoxide rings is 1. The third-order valence-electron chi connectivity index (χ3n) is 5.43. The van der Waals surface area contributed by atoms with Gasteiger partial charge in [0.15, 0.2) is 11.5 Å². The van der Waals surface area contributed by atoms with Crippen LogP contribution in [0.5, 0.6) is 0 Å². The number of hydrogen-bond acceptors (Lipinski definition) is 6. The summed E-state index contributed by atoms with van der Waals surface area (Å²) in [4.78, 5) is 13.3. The number of imidazole rings is 1. The molecular weight excluding hydrogens is 282 g/mol. The Morgan fingerprint density at radius 2 is 2.27 bits per heavy atom. The predicted molar refractivity (Wildman–Crippen MR) is 79.5 cm³/mol. The first kappa shape index (κ1) is 12.8. The van der Waals surface area contributed by atoms with Crippen LogP contribution in [0.2, 0.25) is 0 Å². The number of aromatic nitrogens is 4. The second-order valence-electron chi connectivity index (χ2n) is 6.87. The fraction of sp³-hybridized carbons (Fsp3) is 0.667. The summed E-state index contributed by atoms with van der Waals surface area (Å²) in [5, 5.41) is 13.0. The van der Waals surface area contributed by atoms with Gasteiger partial charge in [0.1, 0.15) is 17.9 Å². The van der Waals surface area contributed by atoms with Gasteiger partial charge in [-0.2, -0.15) is 0 Å². The highest BCUT2D eigenvalue weighted by molar-refractivity contribution is 5.83. The minimum absolute atomic E-state index is 0.150.